The van der Waals surface area contributed by atoms with E-state index in [0.717, 1.165) is 4.40 Å². The van der Waals surface area contributed by atoms with Crippen LogP contribution in [0, 0.1) is 6.92 Å². The number of halogens is 4. The smallest absolute Gasteiger partial charge is 0.321 e. The van der Waals surface area contributed by atoms with Crippen molar-refractivity contribution in [2.24, 2.45) is 0 Å². The van der Waals surface area contributed by atoms with Crippen molar-refractivity contribution in [1.82, 2.24) is 14.4 Å². The molecule has 0 radical (unpaired) electrons. The molecule has 8 heteroatoms. The van der Waals surface area contributed by atoms with Crippen LogP contribution in [0.25, 0.3) is 5.78 Å². The fraction of sp³-hybridized carbons (Fsp3) is 0.250. The minimum atomic E-state index is -4.62. The highest BCUT2D eigenvalue weighted by atomic mass is 35.5. The zero-order valence-electron chi connectivity index (χ0n) is 7.89. The van der Waals surface area contributed by atoms with Crippen molar-refractivity contribution >= 4 is 17.4 Å². The predicted molar refractivity (Wildman–Crippen MR) is 50.6 cm³/mol. The van der Waals surface area contributed by atoms with Crippen LogP contribution in [0.1, 0.15) is 11.4 Å². The van der Waals surface area contributed by atoms with Gasteiger partial charge in [0.2, 0.25) is 5.78 Å². The van der Waals surface area contributed by atoms with Gasteiger partial charge in [-0.05, 0) is 6.92 Å². The minimum Gasteiger partial charge on any atom is -0.321 e. The van der Waals surface area contributed by atoms with Crippen LogP contribution < -0.4 is 5.56 Å². The van der Waals surface area contributed by atoms with Gasteiger partial charge in [0.05, 0.1) is 5.69 Å². The van der Waals surface area contributed by atoms with E-state index in [2.05, 4.69) is 4.98 Å². The van der Waals surface area contributed by atoms with Crippen LogP contribution >= 0.6 is 11.6 Å². The Morgan fingerprint density at radius 3 is 2.69 bits per heavy atom. The van der Waals surface area contributed by atoms with E-state index >= 15 is 0 Å². The third kappa shape index (κ3) is 1.57. The Hall–Kier alpha value is -1.50. The van der Waals surface area contributed by atoms with Crippen molar-refractivity contribution in [2.75, 3.05) is 0 Å². The second-order valence-corrected chi connectivity index (χ2v) is 3.52. The van der Waals surface area contributed by atoms with Crippen LogP contribution in [0.15, 0.2) is 10.9 Å². The molecule has 4 nitrogen and oxygen atoms in total. The largest absolute Gasteiger partial charge is 0.431 e. The number of hydrogen-bond acceptors (Lipinski definition) is 2. The van der Waals surface area contributed by atoms with Crippen molar-refractivity contribution in [2.45, 2.75) is 13.1 Å². The maximum Gasteiger partial charge on any atom is 0.431 e. The quantitative estimate of drug-likeness (QED) is 0.779. The Labute approximate surface area is 91.7 Å². The standard InChI is InChI=1S/C8H5ClF3N3O/c1-3-6(9)14-7-13-4(8(10,11)12)2-5(16)15(3)7/h2H,1H3,(H,13,14). The van der Waals surface area contributed by atoms with Crippen molar-refractivity contribution in [1.29, 1.82) is 0 Å². The zero-order valence-corrected chi connectivity index (χ0v) is 8.65. The van der Waals surface area contributed by atoms with E-state index < -0.39 is 17.4 Å². The SMILES string of the molecule is Cc1c(Cl)nc2[nH]c(C(F)(F)F)cc(=O)n12. The number of alkyl halides is 3. The molecule has 0 bridgehead atoms. The first-order valence-electron chi connectivity index (χ1n) is 4.16. The number of fused-ring (bicyclic) bond motifs is 1. The maximum absolute atomic E-state index is 12.4. The number of aromatic nitrogens is 3. The number of aryl methyl sites for hydroxylation is 1. The lowest BCUT2D eigenvalue weighted by atomic mass is 10.4. The Bertz CT molecular complexity index is 613. The second kappa shape index (κ2) is 3.24. The van der Waals surface area contributed by atoms with E-state index in [4.69, 9.17) is 11.6 Å². The minimum absolute atomic E-state index is 0.00678. The zero-order chi connectivity index (χ0) is 12.1. The Balaban J connectivity index is 2.84. The molecule has 0 aliphatic carbocycles. The number of aromatic amines is 1. The first-order chi connectivity index (χ1) is 7.30. The van der Waals surface area contributed by atoms with Crippen molar-refractivity contribution < 1.29 is 13.2 Å². The molecule has 0 saturated heterocycles. The van der Waals surface area contributed by atoms with E-state index in [1.165, 1.54) is 6.92 Å². The Morgan fingerprint density at radius 1 is 1.50 bits per heavy atom. The van der Waals surface area contributed by atoms with Gasteiger partial charge in [-0.1, -0.05) is 11.6 Å². The molecule has 1 N–H and O–H groups in total. The highest BCUT2D eigenvalue weighted by molar-refractivity contribution is 6.30. The van der Waals surface area contributed by atoms with Gasteiger partial charge in [0, 0.05) is 6.07 Å². The number of nitrogens with one attached hydrogen (secondary N) is 1. The molecule has 0 aliphatic heterocycles. The fourth-order valence-electron chi connectivity index (χ4n) is 1.33. The average molecular weight is 252 g/mol. The number of hydrogen-bond donors (Lipinski definition) is 1. The lowest BCUT2D eigenvalue weighted by molar-refractivity contribution is -0.141. The molecule has 0 aromatic carbocycles. The summed E-state index contributed by atoms with van der Waals surface area (Å²) >= 11 is 5.62. The lowest BCUT2D eigenvalue weighted by Crippen LogP contribution is -2.19. The van der Waals surface area contributed by atoms with E-state index in [9.17, 15) is 18.0 Å². The first-order valence-corrected chi connectivity index (χ1v) is 4.53. The van der Waals surface area contributed by atoms with Gasteiger partial charge in [0.1, 0.15) is 5.69 Å². The Kier molecular flexibility index (Phi) is 2.23. The van der Waals surface area contributed by atoms with Gasteiger partial charge in [-0.3, -0.25) is 4.79 Å². The van der Waals surface area contributed by atoms with Crippen LogP contribution in [0.3, 0.4) is 0 Å². The van der Waals surface area contributed by atoms with Crippen LogP contribution in [0.4, 0.5) is 13.2 Å². The molecule has 0 aliphatic rings. The summed E-state index contributed by atoms with van der Waals surface area (Å²) in [6, 6.07) is 0.470. The molecule has 0 amide bonds. The molecule has 0 saturated carbocycles. The maximum atomic E-state index is 12.4. The summed E-state index contributed by atoms with van der Waals surface area (Å²) in [5.74, 6) is -0.220. The topological polar surface area (TPSA) is 50.2 Å². The van der Waals surface area contributed by atoms with Gasteiger partial charge in [0.25, 0.3) is 5.56 Å². The fourth-order valence-corrected chi connectivity index (χ4v) is 1.49. The molecule has 0 atom stereocenters. The summed E-state index contributed by atoms with van der Waals surface area (Å²) in [6.07, 6.45) is -4.62. The second-order valence-electron chi connectivity index (χ2n) is 3.17. The molecule has 2 heterocycles. The van der Waals surface area contributed by atoms with Gasteiger partial charge in [-0.25, -0.2) is 9.38 Å². The van der Waals surface area contributed by atoms with Crippen molar-refractivity contribution in [3.05, 3.63) is 33.0 Å². The summed E-state index contributed by atoms with van der Waals surface area (Å²) in [5, 5.41) is -0.00678. The number of H-pyrrole nitrogens is 1. The number of nitrogens with zero attached hydrogens (tertiary/aromatic N) is 2. The summed E-state index contributed by atoms with van der Waals surface area (Å²) < 4.78 is 38.1. The summed E-state index contributed by atoms with van der Waals surface area (Å²) in [5.41, 5.74) is -1.67. The molecule has 2 rings (SSSR count). The van der Waals surface area contributed by atoms with Crippen LogP contribution in [0.2, 0.25) is 5.15 Å². The third-order valence-electron chi connectivity index (χ3n) is 2.09. The van der Waals surface area contributed by atoms with Crippen LogP contribution in [0.5, 0.6) is 0 Å². The highest BCUT2D eigenvalue weighted by Gasteiger charge is 2.33. The predicted octanol–water partition coefficient (Wildman–Crippen LogP) is 2.00. The average Bonchev–Trinajstić information content (AvgIpc) is 2.41. The molecule has 16 heavy (non-hydrogen) atoms. The molecular weight excluding hydrogens is 247 g/mol. The first kappa shape index (κ1) is 11.0. The van der Waals surface area contributed by atoms with E-state index in [1.54, 1.807) is 0 Å². The monoisotopic (exact) mass is 251 g/mol. The van der Waals surface area contributed by atoms with Gasteiger partial charge < -0.3 is 4.98 Å². The number of rotatable bonds is 0. The Morgan fingerprint density at radius 2 is 2.12 bits per heavy atom. The molecule has 2 aromatic heterocycles. The van der Waals surface area contributed by atoms with Gasteiger partial charge in [-0.2, -0.15) is 13.2 Å². The number of imidazole rings is 1. The van der Waals surface area contributed by atoms with Gasteiger partial charge >= 0.3 is 6.18 Å². The van der Waals surface area contributed by atoms with Gasteiger partial charge in [0.15, 0.2) is 5.15 Å². The van der Waals surface area contributed by atoms with Crippen molar-refractivity contribution in [3.8, 4) is 0 Å². The third-order valence-corrected chi connectivity index (χ3v) is 2.45. The van der Waals surface area contributed by atoms with E-state index in [0.29, 0.717) is 11.8 Å². The molecule has 2 aromatic rings. The summed E-state index contributed by atoms with van der Waals surface area (Å²) in [4.78, 5) is 17.1. The van der Waals surface area contributed by atoms with Crippen molar-refractivity contribution in [3.63, 3.8) is 0 Å². The molecular formula is C8H5ClF3N3O. The molecule has 86 valence electrons. The highest BCUT2D eigenvalue weighted by Crippen LogP contribution is 2.27. The molecule has 0 spiro atoms. The van der Waals surface area contributed by atoms with Gasteiger partial charge in [-0.15, -0.1) is 0 Å². The molecule has 0 unspecified atom stereocenters. The summed E-state index contributed by atoms with van der Waals surface area (Å²) in [6.45, 7) is 1.49. The van der Waals surface area contributed by atoms with E-state index in [1.807, 2.05) is 4.98 Å². The van der Waals surface area contributed by atoms with E-state index in [-0.39, 0.29) is 10.9 Å². The normalized spacial score (nSPS) is 12.3. The lowest BCUT2D eigenvalue weighted by Gasteiger charge is -2.06. The molecule has 0 fully saturated rings. The summed E-state index contributed by atoms with van der Waals surface area (Å²) in [7, 11) is 0. The van der Waals surface area contributed by atoms with Crippen LogP contribution in [-0.4, -0.2) is 14.4 Å². The van der Waals surface area contributed by atoms with Crippen LogP contribution in [-0.2, 0) is 6.18 Å².